The minimum absolute atomic E-state index is 0.0913. The molecule has 1 rings (SSSR count). The maximum Gasteiger partial charge on any atom is 0.330 e. The molecule has 1 saturated heterocycles. The first kappa shape index (κ1) is 23.3. The lowest BCUT2D eigenvalue weighted by Crippen LogP contribution is -2.61. The molecule has 0 aliphatic carbocycles. The topological polar surface area (TPSA) is 119 Å². The summed E-state index contributed by atoms with van der Waals surface area (Å²) in [6.45, 7) is 6.12. The van der Waals surface area contributed by atoms with Crippen LogP contribution in [0.5, 0.6) is 0 Å². The Kier molecular flexibility index (Phi) is 8.13. The molecule has 1 aliphatic heterocycles. The van der Waals surface area contributed by atoms with Crippen LogP contribution in [-0.4, -0.2) is 66.1 Å². The second-order valence-electron chi connectivity index (χ2n) is 7.43. The number of rotatable bonds is 8. The highest BCUT2D eigenvalue weighted by atomic mass is 16.6. The van der Waals surface area contributed by atoms with Crippen molar-refractivity contribution in [1.82, 2.24) is 0 Å². The summed E-state index contributed by atoms with van der Waals surface area (Å²) < 4.78 is 16.4. The van der Waals surface area contributed by atoms with E-state index in [1.165, 1.54) is 13.2 Å². The fourth-order valence-electron chi connectivity index (χ4n) is 3.04. The van der Waals surface area contributed by atoms with Gasteiger partial charge in [-0.1, -0.05) is 20.8 Å². The molecule has 0 saturated carbocycles. The van der Waals surface area contributed by atoms with Crippen molar-refractivity contribution < 1.29 is 38.8 Å². The predicted octanol–water partition coefficient (Wildman–Crippen LogP) is 0.924. The summed E-state index contributed by atoms with van der Waals surface area (Å²) in [6.07, 6.45) is -0.268. The van der Waals surface area contributed by atoms with E-state index in [4.69, 9.17) is 19.3 Å². The van der Waals surface area contributed by atoms with Crippen molar-refractivity contribution in [2.24, 2.45) is 5.41 Å². The van der Waals surface area contributed by atoms with Crippen molar-refractivity contribution in [3.8, 4) is 0 Å². The quantitative estimate of drug-likeness (QED) is 0.359. The molecule has 0 aromatic heterocycles. The number of hydrogen-bond acceptors (Lipinski definition) is 8. The molecule has 8 heteroatoms. The third-order valence-corrected chi connectivity index (χ3v) is 5.07. The Hall–Kier alpha value is -1.77. The largest absolute Gasteiger partial charge is 0.466 e. The SMILES string of the molecule is CCC(=O)O[C@H]1/C(=C/C(=O)OC)C[C@@H](CC(O)CO)O[C@@]1(C)C(C)(C)C=O. The van der Waals surface area contributed by atoms with Gasteiger partial charge in [0.1, 0.15) is 11.9 Å². The summed E-state index contributed by atoms with van der Waals surface area (Å²) in [5.41, 5.74) is -1.94. The van der Waals surface area contributed by atoms with Gasteiger partial charge in [-0.25, -0.2) is 4.79 Å². The van der Waals surface area contributed by atoms with Crippen LogP contribution in [0.25, 0.3) is 0 Å². The molecule has 0 spiro atoms. The van der Waals surface area contributed by atoms with Crippen molar-refractivity contribution >= 4 is 18.2 Å². The van der Waals surface area contributed by atoms with Crippen LogP contribution in [-0.2, 0) is 28.6 Å². The van der Waals surface area contributed by atoms with E-state index in [2.05, 4.69) is 0 Å². The third-order valence-electron chi connectivity index (χ3n) is 5.07. The van der Waals surface area contributed by atoms with Gasteiger partial charge < -0.3 is 29.2 Å². The smallest absolute Gasteiger partial charge is 0.330 e. The van der Waals surface area contributed by atoms with E-state index in [9.17, 15) is 19.5 Å². The highest BCUT2D eigenvalue weighted by Crippen LogP contribution is 2.46. The Labute approximate surface area is 159 Å². The van der Waals surface area contributed by atoms with Gasteiger partial charge >= 0.3 is 11.9 Å². The lowest BCUT2D eigenvalue weighted by atomic mass is 9.69. The maximum absolute atomic E-state index is 12.0. The minimum Gasteiger partial charge on any atom is -0.466 e. The van der Waals surface area contributed by atoms with Gasteiger partial charge in [0.25, 0.3) is 0 Å². The molecule has 1 unspecified atom stereocenters. The molecular formula is C19H30O8. The first-order valence-electron chi connectivity index (χ1n) is 8.95. The zero-order chi connectivity index (χ0) is 20.8. The first-order valence-corrected chi connectivity index (χ1v) is 8.95. The summed E-state index contributed by atoms with van der Waals surface area (Å²) in [7, 11) is 1.23. The number of carbonyl (C=O) groups excluding carboxylic acids is 3. The second kappa shape index (κ2) is 9.43. The van der Waals surface area contributed by atoms with E-state index in [0.717, 1.165) is 0 Å². The molecule has 154 valence electrons. The van der Waals surface area contributed by atoms with Crippen LogP contribution in [0.15, 0.2) is 11.6 Å². The Balaban J connectivity index is 3.44. The summed E-state index contributed by atoms with van der Waals surface area (Å²) >= 11 is 0. The molecule has 1 aliphatic rings. The zero-order valence-corrected chi connectivity index (χ0v) is 16.6. The first-order chi connectivity index (χ1) is 12.5. The van der Waals surface area contributed by atoms with Crippen LogP contribution in [0.3, 0.4) is 0 Å². The van der Waals surface area contributed by atoms with Crippen molar-refractivity contribution in [3.05, 3.63) is 11.6 Å². The maximum atomic E-state index is 12.0. The highest BCUT2D eigenvalue weighted by molar-refractivity contribution is 5.83. The van der Waals surface area contributed by atoms with E-state index in [1.807, 2.05) is 0 Å². The predicted molar refractivity (Wildman–Crippen MR) is 95.7 cm³/mol. The monoisotopic (exact) mass is 386 g/mol. The molecule has 0 amide bonds. The zero-order valence-electron chi connectivity index (χ0n) is 16.6. The van der Waals surface area contributed by atoms with Crippen LogP contribution in [0.1, 0.15) is 47.0 Å². The van der Waals surface area contributed by atoms with Crippen LogP contribution >= 0.6 is 0 Å². The van der Waals surface area contributed by atoms with Gasteiger partial charge in [-0.05, 0) is 18.9 Å². The van der Waals surface area contributed by atoms with Gasteiger partial charge in [0, 0.05) is 18.9 Å². The number of aliphatic hydroxyl groups is 2. The van der Waals surface area contributed by atoms with Crippen LogP contribution in [0, 0.1) is 5.41 Å². The highest BCUT2D eigenvalue weighted by Gasteiger charge is 2.55. The molecule has 4 atom stereocenters. The number of carbonyl (C=O) groups is 3. The van der Waals surface area contributed by atoms with Crippen molar-refractivity contribution in [2.75, 3.05) is 13.7 Å². The van der Waals surface area contributed by atoms with Crippen LogP contribution in [0.4, 0.5) is 0 Å². The molecule has 27 heavy (non-hydrogen) atoms. The number of methoxy groups -OCH3 is 1. The Morgan fingerprint density at radius 2 is 2.07 bits per heavy atom. The summed E-state index contributed by atoms with van der Waals surface area (Å²) in [4.78, 5) is 35.6. The van der Waals surface area contributed by atoms with Gasteiger partial charge in [-0.2, -0.15) is 0 Å². The minimum atomic E-state index is -1.29. The fraction of sp³-hybridized carbons (Fsp3) is 0.737. The van der Waals surface area contributed by atoms with E-state index < -0.39 is 47.9 Å². The molecular weight excluding hydrogens is 356 g/mol. The number of hydrogen-bond donors (Lipinski definition) is 2. The van der Waals surface area contributed by atoms with Gasteiger partial charge in [-0.3, -0.25) is 4.79 Å². The molecule has 1 fully saturated rings. The standard InChI is InChI=1S/C19H30O8/c1-6-15(23)26-17-12(8-16(24)25-5)7-14(9-13(22)10-20)27-19(17,4)18(2,3)11-21/h8,11,13-14,17,20,22H,6-7,9-10H2,1-5H3/b12-8+/t13?,14-,17-,19+/m0/s1. The number of aliphatic hydroxyl groups excluding tert-OH is 2. The van der Waals surface area contributed by atoms with Gasteiger partial charge in [-0.15, -0.1) is 0 Å². The average molecular weight is 386 g/mol. The molecule has 8 nitrogen and oxygen atoms in total. The van der Waals surface area contributed by atoms with E-state index >= 15 is 0 Å². The lowest BCUT2D eigenvalue weighted by Gasteiger charge is -2.51. The van der Waals surface area contributed by atoms with Crippen LogP contribution in [0.2, 0.25) is 0 Å². The van der Waals surface area contributed by atoms with Gasteiger partial charge in [0.15, 0.2) is 6.10 Å². The third kappa shape index (κ3) is 5.37. The van der Waals surface area contributed by atoms with E-state index in [0.29, 0.717) is 11.9 Å². The average Bonchev–Trinajstić information content (AvgIpc) is 2.63. The van der Waals surface area contributed by atoms with Gasteiger partial charge in [0.05, 0.1) is 31.3 Å². The summed E-state index contributed by atoms with van der Waals surface area (Å²) in [5, 5.41) is 18.9. The molecule has 0 radical (unpaired) electrons. The van der Waals surface area contributed by atoms with Crippen molar-refractivity contribution in [1.29, 1.82) is 0 Å². The summed E-state index contributed by atoms with van der Waals surface area (Å²) in [5.74, 6) is -1.13. The van der Waals surface area contributed by atoms with Gasteiger partial charge in [0.2, 0.25) is 0 Å². The number of ether oxygens (including phenoxy) is 3. The Morgan fingerprint density at radius 3 is 2.56 bits per heavy atom. The second-order valence-corrected chi connectivity index (χ2v) is 7.43. The Morgan fingerprint density at radius 1 is 1.44 bits per heavy atom. The normalized spacial score (nSPS) is 28.5. The van der Waals surface area contributed by atoms with E-state index in [1.54, 1.807) is 27.7 Å². The lowest BCUT2D eigenvalue weighted by molar-refractivity contribution is -0.222. The summed E-state index contributed by atoms with van der Waals surface area (Å²) in [6, 6.07) is 0. The van der Waals surface area contributed by atoms with Crippen LogP contribution < -0.4 is 0 Å². The number of aldehydes is 1. The van der Waals surface area contributed by atoms with Crippen molar-refractivity contribution in [3.63, 3.8) is 0 Å². The molecule has 0 aromatic carbocycles. The number of esters is 2. The fourth-order valence-corrected chi connectivity index (χ4v) is 3.04. The van der Waals surface area contributed by atoms with E-state index in [-0.39, 0.29) is 19.3 Å². The Bertz CT molecular complexity index is 582. The molecule has 1 heterocycles. The van der Waals surface area contributed by atoms with Crippen molar-refractivity contribution in [2.45, 2.75) is 70.9 Å². The molecule has 0 aromatic rings. The molecule has 2 N–H and O–H groups in total. The molecule has 0 bridgehead atoms.